The number of rotatable bonds is 5. The van der Waals surface area contributed by atoms with E-state index in [4.69, 9.17) is 23.8 Å². The molecular formula is C48H28N4O2. The molecule has 0 saturated carbocycles. The standard InChI is InChI=1S/C48H28N4O2/c1-2-12-29(13-3-1)30-14-8-15-31(28-30)45-50-46(52-47(51-45)39-22-11-25-42-43(39)37-16-4-6-23-40(37)53-42)36-21-10-18-32-33(19-9-20-34(32)36)35-26-27-49-48-44(35)38-17-5-7-24-41(38)54-48/h1-28H. The first-order chi connectivity index (χ1) is 26.8. The van der Waals surface area contributed by atoms with Crippen molar-refractivity contribution in [2.75, 3.05) is 0 Å². The number of furan rings is 2. The number of hydrogen-bond acceptors (Lipinski definition) is 6. The lowest BCUT2D eigenvalue weighted by atomic mass is 9.93. The van der Waals surface area contributed by atoms with Crippen LogP contribution in [0.5, 0.6) is 0 Å². The van der Waals surface area contributed by atoms with Gasteiger partial charge in [-0.15, -0.1) is 0 Å². The lowest BCUT2D eigenvalue weighted by molar-refractivity contribution is 0.654. The summed E-state index contributed by atoms with van der Waals surface area (Å²) >= 11 is 0. The average Bonchev–Trinajstić information content (AvgIpc) is 3.82. The van der Waals surface area contributed by atoms with Gasteiger partial charge in [-0.2, -0.15) is 0 Å². The Morgan fingerprint density at radius 1 is 0.333 bits per heavy atom. The van der Waals surface area contributed by atoms with Crippen LogP contribution in [0.15, 0.2) is 179 Å². The number of aromatic nitrogens is 4. The van der Waals surface area contributed by atoms with E-state index in [9.17, 15) is 0 Å². The minimum atomic E-state index is 0.575. The summed E-state index contributed by atoms with van der Waals surface area (Å²) in [7, 11) is 0. The summed E-state index contributed by atoms with van der Waals surface area (Å²) in [5, 5.41) is 6.13. The molecule has 6 nitrogen and oxygen atoms in total. The monoisotopic (exact) mass is 692 g/mol. The smallest absolute Gasteiger partial charge is 0.227 e. The van der Waals surface area contributed by atoms with E-state index in [2.05, 4.69) is 114 Å². The lowest BCUT2D eigenvalue weighted by Gasteiger charge is -2.13. The van der Waals surface area contributed by atoms with Crippen LogP contribution >= 0.6 is 0 Å². The largest absolute Gasteiger partial charge is 0.456 e. The number of para-hydroxylation sites is 2. The fraction of sp³-hybridized carbons (Fsp3) is 0. The number of benzene rings is 7. The topological polar surface area (TPSA) is 77.8 Å². The van der Waals surface area contributed by atoms with Gasteiger partial charge >= 0.3 is 0 Å². The van der Waals surface area contributed by atoms with Gasteiger partial charge in [-0.1, -0.05) is 133 Å². The fourth-order valence-electron chi connectivity index (χ4n) is 7.79. The molecule has 7 aromatic carbocycles. The molecule has 0 N–H and O–H groups in total. The molecular weight excluding hydrogens is 665 g/mol. The van der Waals surface area contributed by atoms with Crippen LogP contribution in [0, 0.1) is 0 Å². The van der Waals surface area contributed by atoms with Crippen molar-refractivity contribution in [2.45, 2.75) is 0 Å². The maximum absolute atomic E-state index is 6.29. The van der Waals surface area contributed by atoms with Crippen LogP contribution in [-0.4, -0.2) is 19.9 Å². The molecule has 0 spiro atoms. The van der Waals surface area contributed by atoms with Crippen molar-refractivity contribution in [1.29, 1.82) is 0 Å². The molecule has 0 radical (unpaired) electrons. The summed E-state index contributed by atoms with van der Waals surface area (Å²) in [4.78, 5) is 20.3. The van der Waals surface area contributed by atoms with E-state index in [1.165, 1.54) is 0 Å². The molecule has 11 aromatic rings. The highest BCUT2D eigenvalue weighted by molar-refractivity contribution is 6.15. The van der Waals surface area contributed by atoms with Crippen molar-refractivity contribution < 1.29 is 8.83 Å². The zero-order valence-electron chi connectivity index (χ0n) is 28.8. The second-order valence-electron chi connectivity index (χ2n) is 13.4. The Hall–Kier alpha value is -7.44. The van der Waals surface area contributed by atoms with Crippen LogP contribution in [0.25, 0.3) is 111 Å². The van der Waals surface area contributed by atoms with E-state index in [1.54, 1.807) is 0 Å². The highest BCUT2D eigenvalue weighted by Gasteiger charge is 2.20. The van der Waals surface area contributed by atoms with Crippen molar-refractivity contribution in [3.8, 4) is 56.4 Å². The first-order valence-corrected chi connectivity index (χ1v) is 17.9. The fourth-order valence-corrected chi connectivity index (χ4v) is 7.79. The van der Waals surface area contributed by atoms with Gasteiger partial charge in [0.2, 0.25) is 5.71 Å². The number of nitrogens with zero attached hydrogens (tertiary/aromatic N) is 4. The van der Waals surface area contributed by atoms with Gasteiger partial charge in [-0.3, -0.25) is 0 Å². The molecule has 0 saturated heterocycles. The molecule has 252 valence electrons. The quantitative estimate of drug-likeness (QED) is 0.179. The van der Waals surface area contributed by atoms with Gasteiger partial charge in [0.05, 0.1) is 5.39 Å². The molecule has 0 amide bonds. The first kappa shape index (κ1) is 30.2. The van der Waals surface area contributed by atoms with E-state index in [0.29, 0.717) is 23.2 Å². The molecule has 0 aliphatic heterocycles. The molecule has 11 rings (SSSR count). The molecule has 4 aromatic heterocycles. The highest BCUT2D eigenvalue weighted by Crippen LogP contribution is 2.41. The molecule has 0 atom stereocenters. The van der Waals surface area contributed by atoms with Crippen LogP contribution in [0.2, 0.25) is 0 Å². The Balaban J connectivity index is 1.16. The van der Waals surface area contributed by atoms with Gasteiger partial charge in [-0.25, -0.2) is 19.9 Å². The number of pyridine rings is 1. The van der Waals surface area contributed by atoms with Gasteiger partial charge in [0.15, 0.2) is 17.5 Å². The molecule has 0 unspecified atom stereocenters. The third-order valence-electron chi connectivity index (χ3n) is 10.2. The van der Waals surface area contributed by atoms with Gasteiger partial charge in [0, 0.05) is 39.0 Å². The molecule has 0 aliphatic rings. The Labute approximate surface area is 309 Å². The van der Waals surface area contributed by atoms with Crippen LogP contribution in [0.3, 0.4) is 0 Å². The number of hydrogen-bond donors (Lipinski definition) is 0. The Morgan fingerprint density at radius 3 is 1.72 bits per heavy atom. The molecule has 54 heavy (non-hydrogen) atoms. The van der Waals surface area contributed by atoms with E-state index >= 15 is 0 Å². The zero-order valence-corrected chi connectivity index (χ0v) is 28.8. The molecule has 0 fully saturated rings. The third-order valence-corrected chi connectivity index (χ3v) is 10.2. The van der Waals surface area contributed by atoms with Crippen LogP contribution in [-0.2, 0) is 0 Å². The van der Waals surface area contributed by atoms with Crippen LogP contribution in [0.4, 0.5) is 0 Å². The predicted molar refractivity (Wildman–Crippen MR) is 217 cm³/mol. The van der Waals surface area contributed by atoms with E-state index in [1.807, 2.05) is 60.8 Å². The second-order valence-corrected chi connectivity index (χ2v) is 13.4. The third kappa shape index (κ3) is 4.81. The first-order valence-electron chi connectivity index (χ1n) is 17.9. The normalized spacial score (nSPS) is 11.7. The molecule has 0 aliphatic carbocycles. The molecule has 0 bridgehead atoms. The molecule has 6 heteroatoms. The van der Waals surface area contributed by atoms with Crippen molar-refractivity contribution >= 4 is 54.8 Å². The van der Waals surface area contributed by atoms with Gasteiger partial charge in [0.25, 0.3) is 0 Å². The van der Waals surface area contributed by atoms with Gasteiger partial charge in [0.1, 0.15) is 16.7 Å². The minimum absolute atomic E-state index is 0.575. The van der Waals surface area contributed by atoms with E-state index in [0.717, 1.165) is 88.0 Å². The Kier molecular flexibility index (Phi) is 6.75. The zero-order chi connectivity index (χ0) is 35.6. The summed E-state index contributed by atoms with van der Waals surface area (Å²) < 4.78 is 12.5. The van der Waals surface area contributed by atoms with Gasteiger partial charge in [-0.05, 0) is 63.4 Å². The molecule has 4 heterocycles. The average molecular weight is 693 g/mol. The summed E-state index contributed by atoms with van der Waals surface area (Å²) in [5.41, 5.74) is 10.1. The summed E-state index contributed by atoms with van der Waals surface area (Å²) in [6.45, 7) is 0. The maximum atomic E-state index is 6.29. The summed E-state index contributed by atoms with van der Waals surface area (Å²) in [6.07, 6.45) is 1.82. The van der Waals surface area contributed by atoms with E-state index in [-0.39, 0.29) is 0 Å². The summed E-state index contributed by atoms with van der Waals surface area (Å²) in [6, 6.07) is 55.8. The van der Waals surface area contributed by atoms with Crippen molar-refractivity contribution in [3.63, 3.8) is 0 Å². The summed E-state index contributed by atoms with van der Waals surface area (Å²) in [5.74, 6) is 1.75. The minimum Gasteiger partial charge on any atom is -0.456 e. The van der Waals surface area contributed by atoms with Gasteiger partial charge < -0.3 is 8.83 Å². The van der Waals surface area contributed by atoms with E-state index < -0.39 is 0 Å². The Bertz CT molecular complexity index is 3240. The van der Waals surface area contributed by atoms with Crippen molar-refractivity contribution in [2.24, 2.45) is 0 Å². The van der Waals surface area contributed by atoms with Crippen molar-refractivity contribution in [3.05, 3.63) is 170 Å². The SMILES string of the molecule is c1ccc(-c2cccc(-c3nc(-c4cccc5c(-c6ccnc7oc8ccccc8c67)cccc45)nc(-c4cccc5oc6ccccc6c45)n3)c2)cc1. The van der Waals surface area contributed by atoms with Crippen LogP contribution in [0.1, 0.15) is 0 Å². The predicted octanol–water partition coefficient (Wildman–Crippen LogP) is 12.6. The van der Waals surface area contributed by atoms with Crippen molar-refractivity contribution in [1.82, 2.24) is 19.9 Å². The highest BCUT2D eigenvalue weighted by atomic mass is 16.3. The number of fused-ring (bicyclic) bond motifs is 7. The maximum Gasteiger partial charge on any atom is 0.227 e. The second kappa shape index (κ2) is 12.1. The Morgan fingerprint density at radius 2 is 0.889 bits per heavy atom. The lowest BCUT2D eigenvalue weighted by Crippen LogP contribution is -2.01. The van der Waals surface area contributed by atoms with Crippen LogP contribution < -0.4 is 0 Å².